The van der Waals surface area contributed by atoms with E-state index in [0.29, 0.717) is 23.6 Å². The van der Waals surface area contributed by atoms with Gasteiger partial charge < -0.3 is 14.8 Å². The summed E-state index contributed by atoms with van der Waals surface area (Å²) in [6.45, 7) is 2.32. The fourth-order valence-electron chi connectivity index (χ4n) is 4.33. The second kappa shape index (κ2) is 9.40. The van der Waals surface area contributed by atoms with Crippen LogP contribution in [0, 0.1) is 0 Å². The summed E-state index contributed by atoms with van der Waals surface area (Å²) < 4.78 is 36.6. The van der Waals surface area contributed by atoms with E-state index in [1.165, 1.54) is 28.3 Å². The molecule has 8 heteroatoms. The molecule has 0 bridgehead atoms. The summed E-state index contributed by atoms with van der Waals surface area (Å²) in [5, 5.41) is 3.05. The molecule has 0 saturated heterocycles. The summed E-state index contributed by atoms with van der Waals surface area (Å²) >= 11 is 0. The van der Waals surface area contributed by atoms with Gasteiger partial charge >= 0.3 is 0 Å². The average molecular weight is 459 g/mol. The van der Waals surface area contributed by atoms with E-state index in [0.717, 1.165) is 24.7 Å². The van der Waals surface area contributed by atoms with Crippen molar-refractivity contribution >= 4 is 21.6 Å². The standard InChI is InChI=1S/C24H30N2O5S/c1-17(19-10-9-18-6-3-4-7-20(18)14-19)25-24(27)8-5-13-26(32(2,28)29)21-11-12-22-23(15-21)31-16-30-22/h9-12,14-15,17H,3-8,13,16H2,1-2H3,(H,25,27)/t17-/m0/s1. The van der Waals surface area contributed by atoms with E-state index < -0.39 is 10.0 Å². The molecule has 32 heavy (non-hydrogen) atoms. The fraction of sp³-hybridized carbons (Fsp3) is 0.458. The maximum atomic E-state index is 12.5. The molecule has 2 aromatic carbocycles. The third-order valence-electron chi connectivity index (χ3n) is 6.06. The molecule has 0 aromatic heterocycles. The van der Waals surface area contributed by atoms with Crippen LogP contribution >= 0.6 is 0 Å². The maximum absolute atomic E-state index is 12.5. The summed E-state index contributed by atoms with van der Waals surface area (Å²) in [6.07, 6.45) is 6.51. The molecule has 4 rings (SSSR count). The zero-order valence-corrected chi connectivity index (χ0v) is 19.4. The molecule has 1 amide bonds. The topological polar surface area (TPSA) is 84.9 Å². The van der Waals surface area contributed by atoms with Gasteiger partial charge in [-0.25, -0.2) is 8.42 Å². The number of rotatable bonds is 8. The molecule has 2 aromatic rings. The molecule has 1 aliphatic heterocycles. The van der Waals surface area contributed by atoms with Crippen molar-refractivity contribution in [3.8, 4) is 11.5 Å². The van der Waals surface area contributed by atoms with Crippen molar-refractivity contribution in [1.82, 2.24) is 5.32 Å². The molecule has 1 N–H and O–H groups in total. The van der Waals surface area contributed by atoms with Crippen LogP contribution in [0.25, 0.3) is 0 Å². The number of amides is 1. The quantitative estimate of drug-likeness (QED) is 0.652. The number of sulfonamides is 1. The molecule has 0 spiro atoms. The Morgan fingerprint density at radius 2 is 1.81 bits per heavy atom. The lowest BCUT2D eigenvalue weighted by molar-refractivity contribution is -0.121. The van der Waals surface area contributed by atoms with Gasteiger partial charge in [0.15, 0.2) is 11.5 Å². The van der Waals surface area contributed by atoms with Gasteiger partial charge in [-0.3, -0.25) is 9.10 Å². The van der Waals surface area contributed by atoms with Crippen LogP contribution in [-0.2, 0) is 27.7 Å². The molecular weight excluding hydrogens is 428 g/mol. The summed E-state index contributed by atoms with van der Waals surface area (Å²) in [4.78, 5) is 12.5. The fourth-order valence-corrected chi connectivity index (χ4v) is 5.29. The number of carbonyl (C=O) groups is 1. The molecule has 0 radical (unpaired) electrons. The molecule has 1 aliphatic carbocycles. The Balaban J connectivity index is 1.33. The molecule has 1 atom stereocenters. The third-order valence-corrected chi connectivity index (χ3v) is 7.25. The van der Waals surface area contributed by atoms with Crippen LogP contribution < -0.4 is 19.1 Å². The molecule has 2 aliphatic rings. The minimum atomic E-state index is -3.50. The lowest BCUT2D eigenvalue weighted by Crippen LogP contribution is -2.32. The lowest BCUT2D eigenvalue weighted by Gasteiger charge is -2.23. The van der Waals surface area contributed by atoms with Gasteiger partial charge in [0, 0.05) is 19.0 Å². The first-order valence-electron chi connectivity index (χ1n) is 11.1. The largest absolute Gasteiger partial charge is 0.454 e. The number of hydrogen-bond donors (Lipinski definition) is 1. The predicted octanol–water partition coefficient (Wildman–Crippen LogP) is 3.72. The van der Waals surface area contributed by atoms with Gasteiger partial charge in [-0.15, -0.1) is 0 Å². The smallest absolute Gasteiger partial charge is 0.232 e. The predicted molar refractivity (Wildman–Crippen MR) is 124 cm³/mol. The van der Waals surface area contributed by atoms with Gasteiger partial charge in [0.05, 0.1) is 18.0 Å². The van der Waals surface area contributed by atoms with Crippen molar-refractivity contribution < 1.29 is 22.7 Å². The van der Waals surface area contributed by atoms with Crippen LogP contribution in [0.3, 0.4) is 0 Å². The number of fused-ring (bicyclic) bond motifs is 2. The molecular formula is C24H30N2O5S. The second-order valence-electron chi connectivity index (χ2n) is 8.50. The Morgan fingerprint density at radius 3 is 2.59 bits per heavy atom. The zero-order chi connectivity index (χ0) is 22.7. The van der Waals surface area contributed by atoms with Crippen LogP contribution in [0.2, 0.25) is 0 Å². The first-order valence-corrected chi connectivity index (χ1v) is 12.9. The molecule has 1 heterocycles. The van der Waals surface area contributed by atoms with Crippen LogP contribution in [0.4, 0.5) is 5.69 Å². The zero-order valence-electron chi connectivity index (χ0n) is 18.6. The van der Waals surface area contributed by atoms with Gasteiger partial charge in [-0.05, 0) is 67.9 Å². The van der Waals surface area contributed by atoms with Gasteiger partial charge in [0.2, 0.25) is 22.7 Å². The van der Waals surface area contributed by atoms with Gasteiger partial charge in [0.1, 0.15) is 0 Å². The van der Waals surface area contributed by atoms with Gasteiger partial charge in [-0.1, -0.05) is 18.2 Å². The highest BCUT2D eigenvalue weighted by atomic mass is 32.2. The first-order chi connectivity index (χ1) is 15.3. The lowest BCUT2D eigenvalue weighted by atomic mass is 9.89. The van der Waals surface area contributed by atoms with Crippen molar-refractivity contribution in [3.63, 3.8) is 0 Å². The minimum Gasteiger partial charge on any atom is -0.454 e. The Morgan fingerprint density at radius 1 is 1.06 bits per heavy atom. The molecule has 0 fully saturated rings. The number of aryl methyl sites for hydroxylation is 2. The number of ether oxygens (including phenoxy) is 2. The molecule has 172 valence electrons. The summed E-state index contributed by atoms with van der Waals surface area (Å²) in [5.41, 5.74) is 4.42. The summed E-state index contributed by atoms with van der Waals surface area (Å²) in [5.74, 6) is 1.03. The van der Waals surface area contributed by atoms with Crippen molar-refractivity contribution in [3.05, 3.63) is 53.1 Å². The SMILES string of the molecule is C[C@H](NC(=O)CCCN(c1ccc2c(c1)OCO2)S(C)(=O)=O)c1ccc2c(c1)CCCC2. The van der Waals surface area contributed by atoms with Crippen LogP contribution in [-0.4, -0.2) is 33.9 Å². The molecule has 7 nitrogen and oxygen atoms in total. The maximum Gasteiger partial charge on any atom is 0.232 e. The summed E-state index contributed by atoms with van der Waals surface area (Å²) in [6, 6.07) is 11.4. The Bertz CT molecular complexity index is 1100. The second-order valence-corrected chi connectivity index (χ2v) is 10.4. The average Bonchev–Trinajstić information content (AvgIpc) is 3.23. The van der Waals surface area contributed by atoms with Gasteiger partial charge in [-0.2, -0.15) is 0 Å². The first kappa shape index (κ1) is 22.5. The van der Waals surface area contributed by atoms with E-state index in [-0.39, 0.29) is 31.7 Å². The Labute approximate surface area is 189 Å². The third kappa shape index (κ3) is 5.18. The Kier molecular flexibility index (Phi) is 6.60. The summed E-state index contributed by atoms with van der Waals surface area (Å²) in [7, 11) is -3.50. The number of nitrogens with zero attached hydrogens (tertiary/aromatic N) is 1. The normalized spacial score (nSPS) is 15.7. The highest BCUT2D eigenvalue weighted by molar-refractivity contribution is 7.92. The molecule has 0 saturated carbocycles. The van der Waals surface area contributed by atoms with Gasteiger partial charge in [0.25, 0.3) is 0 Å². The number of nitrogens with one attached hydrogen (secondary N) is 1. The van der Waals surface area contributed by atoms with Crippen LogP contribution in [0.15, 0.2) is 36.4 Å². The van der Waals surface area contributed by atoms with E-state index in [1.54, 1.807) is 18.2 Å². The highest BCUT2D eigenvalue weighted by Crippen LogP contribution is 2.36. The minimum absolute atomic E-state index is 0.0883. The van der Waals surface area contributed by atoms with Crippen molar-refractivity contribution in [2.75, 3.05) is 23.9 Å². The van der Waals surface area contributed by atoms with Crippen LogP contribution in [0.5, 0.6) is 11.5 Å². The molecule has 0 unspecified atom stereocenters. The Hall–Kier alpha value is -2.74. The number of benzene rings is 2. The van der Waals surface area contributed by atoms with Crippen molar-refractivity contribution in [2.24, 2.45) is 0 Å². The van der Waals surface area contributed by atoms with E-state index in [1.807, 2.05) is 6.92 Å². The number of hydrogen-bond acceptors (Lipinski definition) is 5. The highest BCUT2D eigenvalue weighted by Gasteiger charge is 2.22. The van der Waals surface area contributed by atoms with E-state index >= 15 is 0 Å². The monoisotopic (exact) mass is 458 g/mol. The van der Waals surface area contributed by atoms with Crippen molar-refractivity contribution in [1.29, 1.82) is 0 Å². The van der Waals surface area contributed by atoms with Crippen LogP contribution in [0.1, 0.15) is 55.3 Å². The van der Waals surface area contributed by atoms with E-state index in [9.17, 15) is 13.2 Å². The van der Waals surface area contributed by atoms with E-state index in [2.05, 4.69) is 23.5 Å². The number of anilines is 1. The van der Waals surface area contributed by atoms with Crippen molar-refractivity contribution in [2.45, 2.75) is 51.5 Å². The van der Waals surface area contributed by atoms with E-state index in [4.69, 9.17) is 9.47 Å². The number of carbonyl (C=O) groups excluding carboxylic acids is 1.